The lowest BCUT2D eigenvalue weighted by atomic mass is 9.92. The molecule has 3 atom stereocenters. The highest BCUT2D eigenvalue weighted by Gasteiger charge is 2.43. The fourth-order valence-electron chi connectivity index (χ4n) is 5.69. The van der Waals surface area contributed by atoms with E-state index in [1.165, 1.54) is 0 Å². The summed E-state index contributed by atoms with van der Waals surface area (Å²) in [6.45, 7) is 5.11. The maximum absolute atomic E-state index is 14.4. The molecule has 2 N–H and O–H groups in total. The summed E-state index contributed by atoms with van der Waals surface area (Å²) in [6, 6.07) is 6.14. The van der Waals surface area contributed by atoms with Crippen molar-refractivity contribution in [3.63, 3.8) is 0 Å². The average Bonchev–Trinajstić information content (AvgIpc) is 3.13. The number of rotatable bonds is 4. The van der Waals surface area contributed by atoms with E-state index >= 15 is 0 Å². The third-order valence-electron chi connectivity index (χ3n) is 7.63. The van der Waals surface area contributed by atoms with E-state index < -0.39 is 17.8 Å². The Hall–Kier alpha value is -2.59. The van der Waals surface area contributed by atoms with Crippen LogP contribution in [0, 0.1) is 5.92 Å². The molecule has 0 bridgehead atoms. The minimum Gasteiger partial charge on any atom is -0.367 e. The molecule has 1 aromatic carbocycles. The normalized spacial score (nSPS) is 28.4. The van der Waals surface area contributed by atoms with E-state index in [2.05, 4.69) is 38.5 Å². The standard InChI is InChI=1S/C24H32F2N6O2/c1-15-12-32(11-10-31(15)13-16-8-9-27-14-24(16,25)26)19-5-3-4-17-21(29-30(2)22(17)19)18-6-7-20(33)28-23(18)34/h3-5,15-16,18,27H,6-14H2,1-2H3,(H,28,33,34)/t15-,16?,18?/m0/s1. The summed E-state index contributed by atoms with van der Waals surface area (Å²) in [4.78, 5) is 28.5. The van der Waals surface area contributed by atoms with Crippen molar-refractivity contribution in [3.8, 4) is 0 Å². The van der Waals surface area contributed by atoms with Gasteiger partial charge in [-0.3, -0.25) is 24.5 Å². The molecule has 3 fully saturated rings. The molecule has 5 rings (SSSR count). The molecule has 1 aromatic heterocycles. The van der Waals surface area contributed by atoms with Crippen LogP contribution in [0.2, 0.25) is 0 Å². The van der Waals surface area contributed by atoms with Crippen LogP contribution in [0.15, 0.2) is 18.2 Å². The monoisotopic (exact) mass is 474 g/mol. The van der Waals surface area contributed by atoms with Gasteiger partial charge in [-0.25, -0.2) is 8.78 Å². The predicted octanol–water partition coefficient (Wildman–Crippen LogP) is 1.85. The van der Waals surface area contributed by atoms with E-state index in [1.54, 1.807) is 0 Å². The van der Waals surface area contributed by atoms with Crippen molar-refractivity contribution in [1.29, 1.82) is 0 Å². The molecule has 2 unspecified atom stereocenters. The fraction of sp³-hybridized carbons (Fsp3) is 0.625. The average molecular weight is 475 g/mol. The number of carbonyl (C=O) groups is 2. The Morgan fingerprint density at radius 2 is 2.03 bits per heavy atom. The van der Waals surface area contributed by atoms with Crippen LogP contribution in [-0.4, -0.2) is 77.7 Å². The molecule has 2 amide bonds. The lowest BCUT2D eigenvalue weighted by Crippen LogP contribution is -2.57. The van der Waals surface area contributed by atoms with Crippen LogP contribution >= 0.6 is 0 Å². The molecule has 3 aliphatic rings. The Morgan fingerprint density at radius 1 is 1.21 bits per heavy atom. The SMILES string of the molecule is C[C@H]1CN(c2cccc3c(C4CCC(=O)NC4=O)nn(C)c23)CCN1CC1CCNCC1(F)F. The van der Waals surface area contributed by atoms with E-state index in [-0.39, 0.29) is 24.4 Å². The zero-order valence-corrected chi connectivity index (χ0v) is 19.7. The maximum atomic E-state index is 14.4. The number of piperazine rings is 1. The molecule has 0 saturated carbocycles. The number of anilines is 1. The second-order valence-corrected chi connectivity index (χ2v) is 9.90. The number of nitrogens with one attached hydrogen (secondary N) is 2. The minimum atomic E-state index is -2.66. The molecule has 3 saturated heterocycles. The van der Waals surface area contributed by atoms with Crippen molar-refractivity contribution >= 4 is 28.4 Å². The van der Waals surface area contributed by atoms with Crippen LogP contribution in [0.1, 0.15) is 37.8 Å². The molecule has 3 aliphatic heterocycles. The van der Waals surface area contributed by atoms with Crippen molar-refractivity contribution in [1.82, 2.24) is 25.3 Å². The number of imide groups is 1. The highest BCUT2D eigenvalue weighted by atomic mass is 19.3. The number of aryl methyl sites for hydroxylation is 1. The van der Waals surface area contributed by atoms with Crippen LogP contribution in [0.4, 0.5) is 14.5 Å². The van der Waals surface area contributed by atoms with E-state index in [0.717, 1.165) is 36.2 Å². The molecule has 0 radical (unpaired) electrons. The summed E-state index contributed by atoms with van der Waals surface area (Å²) in [5.74, 6) is -4.25. The highest BCUT2D eigenvalue weighted by Crippen LogP contribution is 2.36. The number of alkyl halides is 2. The molecule has 2 aromatic rings. The van der Waals surface area contributed by atoms with Gasteiger partial charge in [-0.05, 0) is 32.4 Å². The molecule has 4 heterocycles. The largest absolute Gasteiger partial charge is 0.367 e. The smallest absolute Gasteiger partial charge is 0.264 e. The Labute approximate surface area is 197 Å². The topological polar surface area (TPSA) is 82.5 Å². The number of hydrogen-bond donors (Lipinski definition) is 2. The Bertz CT molecular complexity index is 1100. The van der Waals surface area contributed by atoms with Crippen LogP contribution in [0.3, 0.4) is 0 Å². The van der Waals surface area contributed by atoms with Gasteiger partial charge in [0.2, 0.25) is 11.8 Å². The van der Waals surface area contributed by atoms with Crippen molar-refractivity contribution in [2.45, 2.75) is 44.1 Å². The molecule has 0 aliphatic carbocycles. The van der Waals surface area contributed by atoms with E-state index in [4.69, 9.17) is 0 Å². The number of amides is 2. The first-order chi connectivity index (χ1) is 16.2. The number of para-hydroxylation sites is 1. The summed E-state index contributed by atoms with van der Waals surface area (Å²) in [5, 5.41) is 10.8. The number of hydrogen-bond acceptors (Lipinski definition) is 6. The van der Waals surface area contributed by atoms with Crippen LogP contribution in [0.25, 0.3) is 10.9 Å². The number of aromatic nitrogens is 2. The lowest BCUT2D eigenvalue weighted by molar-refractivity contribution is -0.134. The van der Waals surface area contributed by atoms with Gasteiger partial charge in [0.25, 0.3) is 5.92 Å². The quantitative estimate of drug-likeness (QED) is 0.659. The van der Waals surface area contributed by atoms with Crippen molar-refractivity contribution in [2.75, 3.05) is 44.2 Å². The number of piperidine rings is 2. The van der Waals surface area contributed by atoms with Crippen molar-refractivity contribution in [2.24, 2.45) is 13.0 Å². The van der Waals surface area contributed by atoms with Gasteiger partial charge in [-0.15, -0.1) is 0 Å². The lowest BCUT2D eigenvalue weighted by Gasteiger charge is -2.44. The summed E-state index contributed by atoms with van der Waals surface area (Å²) >= 11 is 0. The highest BCUT2D eigenvalue weighted by molar-refractivity contribution is 6.03. The van der Waals surface area contributed by atoms with E-state index in [9.17, 15) is 18.4 Å². The second-order valence-electron chi connectivity index (χ2n) is 9.90. The zero-order valence-electron chi connectivity index (χ0n) is 19.7. The van der Waals surface area contributed by atoms with Crippen LogP contribution < -0.4 is 15.5 Å². The summed E-state index contributed by atoms with van der Waals surface area (Å²) < 4.78 is 30.5. The van der Waals surface area contributed by atoms with Crippen LogP contribution in [0.5, 0.6) is 0 Å². The number of carbonyl (C=O) groups excluding carboxylic acids is 2. The molecule has 0 spiro atoms. The van der Waals surface area contributed by atoms with Crippen molar-refractivity contribution in [3.05, 3.63) is 23.9 Å². The van der Waals surface area contributed by atoms with Crippen LogP contribution in [-0.2, 0) is 16.6 Å². The Morgan fingerprint density at radius 3 is 2.76 bits per heavy atom. The molecule has 10 heteroatoms. The molecule has 8 nitrogen and oxygen atoms in total. The number of benzene rings is 1. The molecular formula is C24H32F2N6O2. The Balaban J connectivity index is 1.36. The summed E-state index contributed by atoms with van der Waals surface area (Å²) in [6.07, 6.45) is 1.26. The summed E-state index contributed by atoms with van der Waals surface area (Å²) in [7, 11) is 1.88. The second kappa shape index (κ2) is 8.88. The molecular weight excluding hydrogens is 442 g/mol. The molecule has 184 valence electrons. The van der Waals surface area contributed by atoms with Gasteiger partial charge in [-0.2, -0.15) is 5.10 Å². The van der Waals surface area contributed by atoms with E-state index in [0.29, 0.717) is 38.0 Å². The first-order valence-electron chi connectivity index (χ1n) is 12.1. The van der Waals surface area contributed by atoms with Crippen molar-refractivity contribution < 1.29 is 18.4 Å². The summed E-state index contributed by atoms with van der Waals surface area (Å²) in [5.41, 5.74) is 2.68. The third kappa shape index (κ3) is 4.17. The van der Waals surface area contributed by atoms with E-state index in [1.807, 2.05) is 23.9 Å². The number of fused-ring (bicyclic) bond motifs is 1. The van der Waals surface area contributed by atoms with Gasteiger partial charge in [0, 0.05) is 57.0 Å². The minimum absolute atomic E-state index is 0.137. The van der Waals surface area contributed by atoms with Gasteiger partial charge in [0.1, 0.15) is 0 Å². The third-order valence-corrected chi connectivity index (χ3v) is 7.63. The van der Waals surface area contributed by atoms with Gasteiger partial charge >= 0.3 is 0 Å². The first-order valence-corrected chi connectivity index (χ1v) is 12.1. The fourth-order valence-corrected chi connectivity index (χ4v) is 5.69. The van der Waals surface area contributed by atoms with Gasteiger partial charge in [0.15, 0.2) is 0 Å². The zero-order chi connectivity index (χ0) is 24.0. The van der Waals surface area contributed by atoms with Gasteiger partial charge in [-0.1, -0.05) is 12.1 Å². The molecule has 34 heavy (non-hydrogen) atoms. The van der Waals surface area contributed by atoms with Gasteiger partial charge in [0.05, 0.1) is 29.4 Å². The maximum Gasteiger partial charge on any atom is 0.264 e. The number of nitrogens with zero attached hydrogens (tertiary/aromatic N) is 4. The first kappa shape index (κ1) is 23.2. The van der Waals surface area contributed by atoms with Gasteiger partial charge < -0.3 is 10.2 Å². The Kier molecular flexibility index (Phi) is 6.05. The number of halogens is 2. The predicted molar refractivity (Wildman–Crippen MR) is 125 cm³/mol.